The molecule has 1 heterocycles. The van der Waals surface area contributed by atoms with Gasteiger partial charge in [-0.15, -0.1) is 0 Å². The van der Waals surface area contributed by atoms with E-state index in [9.17, 15) is 18.4 Å². The summed E-state index contributed by atoms with van der Waals surface area (Å²) in [5.74, 6) is -2.36. The topological polar surface area (TPSA) is 84.0 Å². The predicted molar refractivity (Wildman–Crippen MR) is 101 cm³/mol. The molecule has 1 aromatic carbocycles. The lowest BCUT2D eigenvalue weighted by atomic mass is 9.78. The van der Waals surface area contributed by atoms with Crippen molar-refractivity contribution < 1.29 is 18.4 Å². The molecule has 152 valence electrons. The minimum atomic E-state index is -0.788. The van der Waals surface area contributed by atoms with Gasteiger partial charge in [-0.1, -0.05) is 0 Å². The standard InChI is InChI=1S/C21H22F2N4O2/c1-13-10-24-11-17(25-13)19(29)27-21-4-2-3-20(12-21,5-6-21)26-18(28)14-7-15(22)9-16(23)8-14/h7-11H,2-6,12H2,1H3,(H,26,28)(H,27,29)/t20-,21+/m0/s1. The van der Waals surface area contributed by atoms with E-state index in [1.165, 1.54) is 6.20 Å². The van der Waals surface area contributed by atoms with E-state index in [2.05, 4.69) is 20.6 Å². The van der Waals surface area contributed by atoms with E-state index < -0.39 is 28.6 Å². The minimum Gasteiger partial charge on any atom is -0.347 e. The van der Waals surface area contributed by atoms with Crippen LogP contribution in [-0.4, -0.2) is 32.9 Å². The van der Waals surface area contributed by atoms with Crippen LogP contribution in [0.5, 0.6) is 0 Å². The molecule has 2 fully saturated rings. The SMILES string of the molecule is Cc1cncc(C(=O)N[C@]23CCC[C@](NC(=O)c4cc(F)cc(F)c4)(CC2)C3)n1. The third-order valence-electron chi connectivity index (χ3n) is 5.94. The summed E-state index contributed by atoms with van der Waals surface area (Å²) in [4.78, 5) is 33.6. The van der Waals surface area contributed by atoms with E-state index in [1.807, 2.05) is 0 Å². The molecule has 6 nitrogen and oxygen atoms in total. The van der Waals surface area contributed by atoms with E-state index in [0.717, 1.165) is 43.9 Å². The largest absolute Gasteiger partial charge is 0.347 e. The number of nitrogens with zero attached hydrogens (tertiary/aromatic N) is 2. The van der Waals surface area contributed by atoms with Gasteiger partial charge in [0.15, 0.2) is 0 Å². The quantitative estimate of drug-likeness (QED) is 0.826. The summed E-state index contributed by atoms with van der Waals surface area (Å²) in [5, 5.41) is 6.10. The summed E-state index contributed by atoms with van der Waals surface area (Å²) >= 11 is 0. The average Bonchev–Trinajstić information content (AvgIpc) is 2.90. The van der Waals surface area contributed by atoms with Crippen LogP contribution in [0.3, 0.4) is 0 Å². The molecule has 2 atom stereocenters. The second-order valence-electron chi connectivity index (χ2n) is 8.20. The van der Waals surface area contributed by atoms with Gasteiger partial charge < -0.3 is 10.6 Å². The van der Waals surface area contributed by atoms with Crippen LogP contribution in [0.25, 0.3) is 0 Å². The summed E-state index contributed by atoms with van der Waals surface area (Å²) in [7, 11) is 0. The zero-order valence-electron chi connectivity index (χ0n) is 16.1. The molecule has 2 bridgehead atoms. The van der Waals surface area contributed by atoms with Crippen molar-refractivity contribution in [2.45, 2.75) is 56.5 Å². The molecule has 0 radical (unpaired) electrons. The van der Waals surface area contributed by atoms with Gasteiger partial charge in [-0.25, -0.2) is 13.8 Å². The van der Waals surface area contributed by atoms with Crippen molar-refractivity contribution in [1.29, 1.82) is 0 Å². The van der Waals surface area contributed by atoms with E-state index in [0.29, 0.717) is 18.5 Å². The van der Waals surface area contributed by atoms with Crippen molar-refractivity contribution in [3.05, 3.63) is 59.2 Å². The first-order valence-electron chi connectivity index (χ1n) is 9.68. The monoisotopic (exact) mass is 400 g/mol. The molecule has 2 N–H and O–H groups in total. The molecule has 0 saturated heterocycles. The number of fused-ring (bicyclic) bond motifs is 2. The van der Waals surface area contributed by atoms with Crippen LogP contribution in [0.15, 0.2) is 30.6 Å². The van der Waals surface area contributed by atoms with E-state index in [1.54, 1.807) is 13.1 Å². The average molecular weight is 400 g/mol. The molecule has 2 aliphatic rings. The third-order valence-corrected chi connectivity index (χ3v) is 5.94. The van der Waals surface area contributed by atoms with Crippen molar-refractivity contribution in [3.63, 3.8) is 0 Å². The summed E-state index contributed by atoms with van der Waals surface area (Å²) < 4.78 is 26.9. The molecule has 0 aliphatic heterocycles. The molecule has 0 spiro atoms. The number of amides is 2. The zero-order valence-corrected chi connectivity index (χ0v) is 16.1. The van der Waals surface area contributed by atoms with Crippen LogP contribution >= 0.6 is 0 Å². The van der Waals surface area contributed by atoms with Crippen molar-refractivity contribution >= 4 is 11.8 Å². The summed E-state index contributed by atoms with van der Waals surface area (Å²) in [6.07, 6.45) is 7.41. The van der Waals surface area contributed by atoms with E-state index in [-0.39, 0.29) is 17.2 Å². The first kappa shape index (κ1) is 19.4. The Kier molecular flexibility index (Phi) is 4.80. The molecule has 2 saturated carbocycles. The van der Waals surface area contributed by atoms with E-state index in [4.69, 9.17) is 0 Å². The van der Waals surface area contributed by atoms with Gasteiger partial charge >= 0.3 is 0 Å². The molecular formula is C21H22F2N4O2. The summed E-state index contributed by atoms with van der Waals surface area (Å²) in [6, 6.07) is 2.79. The Bertz CT molecular complexity index is 963. The number of hydrogen-bond donors (Lipinski definition) is 2. The fourth-order valence-electron chi connectivity index (χ4n) is 4.71. The minimum absolute atomic E-state index is 0.0426. The molecule has 2 aromatic rings. The first-order chi connectivity index (χ1) is 13.8. The number of aromatic nitrogens is 2. The third kappa shape index (κ3) is 3.97. The first-order valence-corrected chi connectivity index (χ1v) is 9.68. The molecule has 2 amide bonds. The van der Waals surface area contributed by atoms with Crippen molar-refractivity contribution in [3.8, 4) is 0 Å². The van der Waals surface area contributed by atoms with Gasteiger partial charge in [0, 0.05) is 28.9 Å². The molecule has 8 heteroatoms. The molecule has 0 unspecified atom stereocenters. The highest BCUT2D eigenvalue weighted by Crippen LogP contribution is 2.48. The van der Waals surface area contributed by atoms with E-state index >= 15 is 0 Å². The highest BCUT2D eigenvalue weighted by Gasteiger charge is 2.52. The maximum atomic E-state index is 13.5. The number of hydrogen-bond acceptors (Lipinski definition) is 4. The summed E-state index contributed by atoms with van der Waals surface area (Å²) in [5.41, 5.74) is -0.0415. The number of nitrogens with one attached hydrogen (secondary N) is 2. The van der Waals surface area contributed by atoms with Gasteiger partial charge in [0.25, 0.3) is 11.8 Å². The van der Waals surface area contributed by atoms with Crippen LogP contribution in [-0.2, 0) is 0 Å². The maximum Gasteiger partial charge on any atom is 0.271 e. The number of halogens is 2. The van der Waals surface area contributed by atoms with Gasteiger partial charge in [0.1, 0.15) is 17.3 Å². The molecule has 2 aliphatic carbocycles. The number of carbonyl (C=O) groups excluding carboxylic acids is 2. The molecule has 4 rings (SSSR count). The van der Waals surface area contributed by atoms with Gasteiger partial charge in [-0.2, -0.15) is 0 Å². The van der Waals surface area contributed by atoms with Crippen LogP contribution < -0.4 is 10.6 Å². The highest BCUT2D eigenvalue weighted by atomic mass is 19.1. The van der Waals surface area contributed by atoms with Crippen molar-refractivity contribution in [1.82, 2.24) is 20.6 Å². The fraction of sp³-hybridized carbons (Fsp3) is 0.429. The predicted octanol–water partition coefficient (Wildman–Crippen LogP) is 3.07. The van der Waals surface area contributed by atoms with Crippen molar-refractivity contribution in [2.24, 2.45) is 0 Å². The van der Waals surface area contributed by atoms with Crippen LogP contribution in [0, 0.1) is 18.6 Å². The Morgan fingerprint density at radius 2 is 1.55 bits per heavy atom. The molecular weight excluding hydrogens is 378 g/mol. The second-order valence-corrected chi connectivity index (χ2v) is 8.20. The lowest BCUT2D eigenvalue weighted by Crippen LogP contribution is -2.55. The van der Waals surface area contributed by atoms with Gasteiger partial charge in [-0.3, -0.25) is 14.6 Å². The van der Waals surface area contributed by atoms with Crippen LogP contribution in [0.2, 0.25) is 0 Å². The smallest absolute Gasteiger partial charge is 0.271 e. The highest BCUT2D eigenvalue weighted by molar-refractivity contribution is 5.95. The lowest BCUT2D eigenvalue weighted by Gasteiger charge is -2.40. The second kappa shape index (κ2) is 7.17. The summed E-state index contributed by atoms with van der Waals surface area (Å²) in [6.45, 7) is 1.77. The number of carbonyl (C=O) groups is 2. The number of rotatable bonds is 4. The Morgan fingerprint density at radius 3 is 2.17 bits per heavy atom. The Balaban J connectivity index is 1.49. The van der Waals surface area contributed by atoms with Gasteiger partial charge in [-0.05, 0) is 57.6 Å². The maximum absolute atomic E-state index is 13.5. The lowest BCUT2D eigenvalue weighted by molar-refractivity contribution is 0.0828. The molecule has 1 aromatic heterocycles. The number of benzene rings is 1. The van der Waals surface area contributed by atoms with Gasteiger partial charge in [0.2, 0.25) is 0 Å². The van der Waals surface area contributed by atoms with Gasteiger partial charge in [0.05, 0.1) is 11.9 Å². The van der Waals surface area contributed by atoms with Crippen LogP contribution in [0.1, 0.15) is 65.1 Å². The Hall–Kier alpha value is -2.90. The Morgan fingerprint density at radius 1 is 0.931 bits per heavy atom. The zero-order chi connectivity index (χ0) is 20.6. The fourth-order valence-corrected chi connectivity index (χ4v) is 4.71. The van der Waals surface area contributed by atoms with Crippen molar-refractivity contribution in [2.75, 3.05) is 0 Å². The Labute approximate surface area is 167 Å². The number of aryl methyl sites for hydroxylation is 1. The normalized spacial score (nSPS) is 25.5. The van der Waals surface area contributed by atoms with Crippen LogP contribution in [0.4, 0.5) is 8.78 Å². The molecule has 29 heavy (non-hydrogen) atoms.